The van der Waals surface area contributed by atoms with Crippen molar-refractivity contribution in [2.24, 2.45) is 5.92 Å². The van der Waals surface area contributed by atoms with Crippen LogP contribution >= 0.6 is 0 Å². The fraction of sp³-hybridized carbons (Fsp3) is 0.519. The average Bonchev–Trinajstić information content (AvgIpc) is 2.84. The lowest BCUT2D eigenvalue weighted by molar-refractivity contribution is 0.0489. The molecule has 1 amide bonds. The third-order valence-electron chi connectivity index (χ3n) is 6.67. The summed E-state index contributed by atoms with van der Waals surface area (Å²) in [5, 5.41) is 0. The van der Waals surface area contributed by atoms with Gasteiger partial charge in [-0.1, -0.05) is 74.7 Å². The largest absolute Gasteiger partial charge is 0.336 e. The maximum atomic E-state index is 13.8. The average molecular weight is 425 g/mol. The number of benzene rings is 2. The number of amides is 1. The molecule has 0 unspecified atom stereocenters. The minimum absolute atomic E-state index is 0.166. The smallest absolute Gasteiger partial charge is 0.256 e. The van der Waals surface area contributed by atoms with Crippen molar-refractivity contribution in [2.75, 3.05) is 26.2 Å². The lowest BCUT2D eigenvalue weighted by atomic mass is 9.82. The lowest BCUT2D eigenvalue weighted by Gasteiger charge is -2.42. The van der Waals surface area contributed by atoms with Gasteiger partial charge in [0.2, 0.25) is 0 Å². The van der Waals surface area contributed by atoms with Crippen LogP contribution in [0.3, 0.4) is 0 Å². The standard InChI is InChI=1S/C21H31FN2O.C6H6/c1-2-3-6-17-9-11-18(12-10-17)23-13-15-24(16-14-23)21(25)19-7-4-5-8-20(19)22;1-2-4-6-5-3-1/h4-5,7-8,17-18H,2-3,6,9-16H2,1H3;1-6H. The Labute approximate surface area is 187 Å². The van der Waals surface area contributed by atoms with Crippen molar-refractivity contribution in [3.05, 3.63) is 72.0 Å². The summed E-state index contributed by atoms with van der Waals surface area (Å²) in [4.78, 5) is 16.9. The van der Waals surface area contributed by atoms with Crippen LogP contribution in [0.2, 0.25) is 0 Å². The van der Waals surface area contributed by atoms with E-state index in [4.69, 9.17) is 0 Å². The first-order valence-electron chi connectivity index (χ1n) is 12.0. The fourth-order valence-electron chi connectivity index (χ4n) is 4.77. The van der Waals surface area contributed by atoms with Gasteiger partial charge in [0.05, 0.1) is 5.56 Å². The summed E-state index contributed by atoms with van der Waals surface area (Å²) in [6.45, 7) is 5.54. The van der Waals surface area contributed by atoms with Crippen molar-refractivity contribution in [3.8, 4) is 0 Å². The highest BCUT2D eigenvalue weighted by molar-refractivity contribution is 5.94. The van der Waals surface area contributed by atoms with Crippen LogP contribution in [0.4, 0.5) is 4.39 Å². The van der Waals surface area contributed by atoms with Crippen molar-refractivity contribution in [1.82, 2.24) is 9.80 Å². The van der Waals surface area contributed by atoms with Crippen LogP contribution in [-0.4, -0.2) is 47.9 Å². The number of halogens is 1. The van der Waals surface area contributed by atoms with Gasteiger partial charge in [-0.15, -0.1) is 0 Å². The minimum Gasteiger partial charge on any atom is -0.336 e. The van der Waals surface area contributed by atoms with Gasteiger partial charge in [-0.2, -0.15) is 0 Å². The van der Waals surface area contributed by atoms with E-state index in [2.05, 4.69) is 11.8 Å². The number of carbonyl (C=O) groups excluding carboxylic acids is 1. The van der Waals surface area contributed by atoms with E-state index in [1.165, 1.54) is 51.0 Å². The monoisotopic (exact) mass is 424 g/mol. The fourth-order valence-corrected chi connectivity index (χ4v) is 4.77. The molecule has 1 aliphatic carbocycles. The van der Waals surface area contributed by atoms with Crippen LogP contribution in [0.25, 0.3) is 0 Å². The van der Waals surface area contributed by atoms with Gasteiger partial charge in [0, 0.05) is 32.2 Å². The molecule has 1 saturated heterocycles. The van der Waals surface area contributed by atoms with Crippen molar-refractivity contribution < 1.29 is 9.18 Å². The summed E-state index contributed by atoms with van der Waals surface area (Å²) in [5.41, 5.74) is 0.201. The molecule has 3 nitrogen and oxygen atoms in total. The highest BCUT2D eigenvalue weighted by Crippen LogP contribution is 2.31. The zero-order valence-corrected chi connectivity index (χ0v) is 18.9. The molecule has 2 fully saturated rings. The van der Waals surface area contributed by atoms with Crippen LogP contribution in [-0.2, 0) is 0 Å². The predicted octanol–water partition coefficient (Wildman–Crippen LogP) is 6.02. The zero-order valence-electron chi connectivity index (χ0n) is 18.9. The van der Waals surface area contributed by atoms with Crippen LogP contribution in [0, 0.1) is 11.7 Å². The summed E-state index contributed by atoms with van der Waals surface area (Å²) in [7, 11) is 0. The highest BCUT2D eigenvalue weighted by Gasteiger charge is 2.30. The maximum absolute atomic E-state index is 13.8. The zero-order chi connectivity index (χ0) is 21.9. The molecule has 168 valence electrons. The summed E-state index contributed by atoms with van der Waals surface area (Å²) >= 11 is 0. The number of hydrogen-bond acceptors (Lipinski definition) is 2. The molecule has 0 aromatic heterocycles. The molecular weight excluding hydrogens is 387 g/mol. The first kappa shape index (κ1) is 23.5. The van der Waals surface area contributed by atoms with Gasteiger partial charge in [0.1, 0.15) is 5.82 Å². The molecule has 4 heteroatoms. The van der Waals surface area contributed by atoms with E-state index < -0.39 is 5.82 Å². The quantitative estimate of drug-likeness (QED) is 0.586. The molecule has 31 heavy (non-hydrogen) atoms. The first-order valence-corrected chi connectivity index (χ1v) is 12.0. The molecule has 1 aliphatic heterocycles. The van der Waals surface area contributed by atoms with Crippen LogP contribution < -0.4 is 0 Å². The number of hydrogen-bond donors (Lipinski definition) is 0. The molecule has 0 spiro atoms. The van der Waals surface area contributed by atoms with Crippen molar-refractivity contribution in [1.29, 1.82) is 0 Å². The summed E-state index contributed by atoms with van der Waals surface area (Å²) in [6, 6.07) is 19.0. The Hall–Kier alpha value is -2.20. The SMILES string of the molecule is CCCCC1CCC(N2CCN(C(=O)c3ccccc3F)CC2)CC1.c1ccccc1. The van der Waals surface area contributed by atoms with Gasteiger partial charge in [-0.25, -0.2) is 4.39 Å². The first-order chi connectivity index (χ1) is 15.2. The van der Waals surface area contributed by atoms with Crippen molar-refractivity contribution >= 4 is 5.91 Å². The van der Waals surface area contributed by atoms with Crippen LogP contribution in [0.1, 0.15) is 62.2 Å². The Morgan fingerprint density at radius 3 is 2.00 bits per heavy atom. The minimum atomic E-state index is -0.416. The number of carbonyl (C=O) groups is 1. The molecule has 1 saturated carbocycles. The third kappa shape index (κ3) is 7.17. The third-order valence-corrected chi connectivity index (χ3v) is 6.67. The second kappa shape index (κ2) is 12.6. The van der Waals surface area contributed by atoms with E-state index in [1.807, 2.05) is 41.3 Å². The molecule has 2 aliphatic rings. The van der Waals surface area contributed by atoms with Crippen LogP contribution in [0.5, 0.6) is 0 Å². The Morgan fingerprint density at radius 2 is 1.45 bits per heavy atom. The van der Waals surface area contributed by atoms with E-state index in [-0.39, 0.29) is 11.5 Å². The second-order valence-electron chi connectivity index (χ2n) is 8.78. The Balaban J connectivity index is 0.000000391. The molecule has 1 heterocycles. The van der Waals surface area contributed by atoms with Gasteiger partial charge < -0.3 is 4.90 Å². The number of nitrogens with zero attached hydrogens (tertiary/aromatic N) is 2. The Bertz CT molecular complexity index is 739. The molecule has 0 atom stereocenters. The normalized spacial score (nSPS) is 21.8. The summed E-state index contributed by atoms with van der Waals surface area (Å²) in [5.74, 6) is 0.349. The molecule has 2 aromatic rings. The number of rotatable bonds is 5. The molecule has 0 N–H and O–H groups in total. The summed E-state index contributed by atoms with van der Waals surface area (Å²) < 4.78 is 13.8. The van der Waals surface area contributed by atoms with Gasteiger partial charge in [-0.3, -0.25) is 9.69 Å². The second-order valence-corrected chi connectivity index (χ2v) is 8.78. The van der Waals surface area contributed by atoms with E-state index in [0.29, 0.717) is 19.1 Å². The molecule has 2 aromatic carbocycles. The van der Waals surface area contributed by atoms with E-state index in [9.17, 15) is 9.18 Å². The van der Waals surface area contributed by atoms with E-state index in [1.54, 1.807) is 18.2 Å². The Morgan fingerprint density at radius 1 is 0.871 bits per heavy atom. The molecular formula is C27H37FN2O. The topological polar surface area (TPSA) is 23.6 Å². The van der Waals surface area contributed by atoms with Gasteiger partial charge >= 0.3 is 0 Å². The Kier molecular flexibility index (Phi) is 9.54. The van der Waals surface area contributed by atoms with E-state index in [0.717, 1.165) is 19.0 Å². The molecule has 4 rings (SSSR count). The molecule has 0 bridgehead atoms. The van der Waals surface area contributed by atoms with Gasteiger partial charge in [0.25, 0.3) is 5.91 Å². The van der Waals surface area contributed by atoms with Gasteiger partial charge in [0.15, 0.2) is 0 Å². The van der Waals surface area contributed by atoms with Gasteiger partial charge in [-0.05, 0) is 43.7 Å². The van der Waals surface area contributed by atoms with E-state index >= 15 is 0 Å². The highest BCUT2D eigenvalue weighted by atomic mass is 19.1. The van der Waals surface area contributed by atoms with Crippen LogP contribution in [0.15, 0.2) is 60.7 Å². The predicted molar refractivity (Wildman–Crippen MR) is 126 cm³/mol. The lowest BCUT2D eigenvalue weighted by Crippen LogP contribution is -2.52. The maximum Gasteiger partial charge on any atom is 0.256 e. The summed E-state index contributed by atoms with van der Waals surface area (Å²) in [6.07, 6.45) is 9.39. The van der Waals surface area contributed by atoms with Crippen molar-refractivity contribution in [3.63, 3.8) is 0 Å². The van der Waals surface area contributed by atoms with Crippen molar-refractivity contribution in [2.45, 2.75) is 57.9 Å². The molecule has 0 radical (unpaired) electrons. The number of unbranched alkanes of at least 4 members (excludes halogenated alkanes) is 1. The number of piperazine rings is 1.